The van der Waals surface area contributed by atoms with Crippen LogP contribution in [0, 0.1) is 10.1 Å². The van der Waals surface area contributed by atoms with Gasteiger partial charge in [0.15, 0.2) is 0 Å². The highest BCUT2D eigenvalue weighted by Crippen LogP contribution is 2.23. The van der Waals surface area contributed by atoms with E-state index in [0.717, 1.165) is 12.4 Å². The molecule has 1 aromatic carbocycles. The number of esters is 1. The van der Waals surface area contributed by atoms with E-state index in [9.17, 15) is 14.9 Å². The summed E-state index contributed by atoms with van der Waals surface area (Å²) in [4.78, 5) is 28.8. The third kappa shape index (κ3) is 2.86. The summed E-state index contributed by atoms with van der Waals surface area (Å²) in [5.41, 5.74) is -0.0458. The molecule has 0 saturated heterocycles. The minimum Gasteiger partial charge on any atom is -0.465 e. The van der Waals surface area contributed by atoms with E-state index < -0.39 is 10.9 Å². The van der Waals surface area contributed by atoms with Crippen LogP contribution < -0.4 is 4.74 Å². The van der Waals surface area contributed by atoms with Gasteiger partial charge in [-0.15, -0.1) is 0 Å². The molecule has 0 unspecified atom stereocenters. The van der Waals surface area contributed by atoms with Crippen LogP contribution in [-0.2, 0) is 4.74 Å². The van der Waals surface area contributed by atoms with Gasteiger partial charge in [0.1, 0.15) is 23.7 Å². The Balaban J connectivity index is 2.26. The largest absolute Gasteiger partial charge is 0.465 e. The van der Waals surface area contributed by atoms with Gasteiger partial charge in [-0.1, -0.05) is 12.1 Å². The summed E-state index contributed by atoms with van der Waals surface area (Å²) in [6, 6.07) is 6.26. The Bertz CT molecular complexity index is 642. The highest BCUT2D eigenvalue weighted by Gasteiger charge is 2.14. The zero-order chi connectivity index (χ0) is 14.5. The second-order valence-electron chi connectivity index (χ2n) is 3.57. The number of rotatable bonds is 4. The van der Waals surface area contributed by atoms with Crippen molar-refractivity contribution in [1.29, 1.82) is 0 Å². The van der Waals surface area contributed by atoms with Gasteiger partial charge in [0.05, 0.1) is 12.0 Å². The van der Waals surface area contributed by atoms with Gasteiger partial charge in [-0.05, 0) is 12.1 Å². The van der Waals surface area contributed by atoms with E-state index in [-0.39, 0.29) is 23.0 Å². The van der Waals surface area contributed by atoms with Crippen LogP contribution in [-0.4, -0.2) is 28.0 Å². The number of hydrogen-bond donors (Lipinski definition) is 0. The highest BCUT2D eigenvalue weighted by atomic mass is 16.6. The molecule has 0 radical (unpaired) electrons. The van der Waals surface area contributed by atoms with Crippen molar-refractivity contribution >= 4 is 11.7 Å². The number of para-hydroxylation sites is 1. The lowest BCUT2D eigenvalue weighted by Gasteiger charge is -2.07. The third-order valence-electron chi connectivity index (χ3n) is 2.32. The number of carbonyl (C=O) groups is 1. The first-order valence-electron chi connectivity index (χ1n) is 5.43. The maximum atomic E-state index is 11.5. The predicted octanol–water partition coefficient (Wildman–Crippen LogP) is 1.96. The maximum absolute atomic E-state index is 11.5. The Labute approximate surface area is 113 Å². The molecule has 0 N–H and O–H groups in total. The van der Waals surface area contributed by atoms with Crippen molar-refractivity contribution in [3.05, 3.63) is 52.3 Å². The van der Waals surface area contributed by atoms with E-state index in [1.165, 1.54) is 19.2 Å². The summed E-state index contributed by atoms with van der Waals surface area (Å²) in [5.74, 6) is -0.365. The molecular formula is C12H9N3O5. The number of methoxy groups -OCH3 is 1. The monoisotopic (exact) mass is 275 g/mol. The number of benzene rings is 1. The number of hydrogen-bond acceptors (Lipinski definition) is 7. The van der Waals surface area contributed by atoms with Crippen molar-refractivity contribution in [1.82, 2.24) is 9.97 Å². The molecule has 0 amide bonds. The SMILES string of the molecule is COC(=O)c1ccccc1Oc1ncc([N+](=O)[O-])cn1. The first-order valence-corrected chi connectivity index (χ1v) is 5.43. The Morgan fingerprint density at radius 1 is 1.25 bits per heavy atom. The molecule has 0 aliphatic heterocycles. The predicted molar refractivity (Wildman–Crippen MR) is 66.5 cm³/mol. The van der Waals surface area contributed by atoms with Crippen LogP contribution in [0.1, 0.15) is 10.4 Å². The Morgan fingerprint density at radius 3 is 2.50 bits per heavy atom. The molecule has 1 aromatic heterocycles. The molecular weight excluding hydrogens is 266 g/mol. The quantitative estimate of drug-likeness (QED) is 0.477. The van der Waals surface area contributed by atoms with Crippen LogP contribution in [0.5, 0.6) is 11.8 Å². The van der Waals surface area contributed by atoms with Gasteiger partial charge in [-0.3, -0.25) is 10.1 Å². The van der Waals surface area contributed by atoms with Crippen LogP contribution in [0.25, 0.3) is 0 Å². The van der Waals surface area contributed by atoms with Crippen LogP contribution in [0.4, 0.5) is 5.69 Å². The fraction of sp³-hybridized carbons (Fsp3) is 0.0833. The number of nitrogens with zero attached hydrogens (tertiary/aromatic N) is 3. The van der Waals surface area contributed by atoms with Crippen LogP contribution in [0.3, 0.4) is 0 Å². The van der Waals surface area contributed by atoms with Gasteiger partial charge < -0.3 is 9.47 Å². The first kappa shape index (κ1) is 13.4. The topological polar surface area (TPSA) is 104 Å². The van der Waals surface area contributed by atoms with E-state index in [1.54, 1.807) is 12.1 Å². The molecule has 2 rings (SSSR count). The van der Waals surface area contributed by atoms with Crippen molar-refractivity contribution in [2.75, 3.05) is 7.11 Å². The fourth-order valence-corrected chi connectivity index (χ4v) is 1.39. The molecule has 102 valence electrons. The van der Waals surface area contributed by atoms with Gasteiger partial charge in [0.25, 0.3) is 0 Å². The lowest BCUT2D eigenvalue weighted by molar-refractivity contribution is -0.385. The molecule has 0 fully saturated rings. The van der Waals surface area contributed by atoms with E-state index in [2.05, 4.69) is 14.7 Å². The molecule has 8 heteroatoms. The summed E-state index contributed by atoms with van der Waals surface area (Å²) in [5, 5.41) is 10.5. The van der Waals surface area contributed by atoms with E-state index >= 15 is 0 Å². The van der Waals surface area contributed by atoms with Gasteiger partial charge in [-0.25, -0.2) is 4.79 Å². The lowest BCUT2D eigenvalue weighted by Crippen LogP contribution is -2.04. The smallest absolute Gasteiger partial charge is 0.341 e. The highest BCUT2D eigenvalue weighted by molar-refractivity contribution is 5.92. The van der Waals surface area contributed by atoms with Crippen LogP contribution >= 0.6 is 0 Å². The van der Waals surface area contributed by atoms with E-state index in [4.69, 9.17) is 4.74 Å². The number of ether oxygens (including phenoxy) is 2. The van der Waals surface area contributed by atoms with Gasteiger partial charge >= 0.3 is 17.7 Å². The fourth-order valence-electron chi connectivity index (χ4n) is 1.39. The molecule has 1 heterocycles. The maximum Gasteiger partial charge on any atom is 0.341 e. The molecule has 2 aromatic rings. The molecule has 0 aliphatic carbocycles. The standard InChI is InChI=1S/C12H9N3O5/c1-19-11(16)9-4-2-3-5-10(9)20-12-13-6-8(7-14-12)15(17)18/h2-7H,1H3. The van der Waals surface area contributed by atoms with Crippen molar-refractivity contribution in [3.8, 4) is 11.8 Å². The van der Waals surface area contributed by atoms with Crippen molar-refractivity contribution in [2.45, 2.75) is 0 Å². The zero-order valence-corrected chi connectivity index (χ0v) is 10.3. The number of carbonyl (C=O) groups excluding carboxylic acids is 1. The molecule has 0 saturated carbocycles. The average Bonchev–Trinajstić information content (AvgIpc) is 2.47. The van der Waals surface area contributed by atoms with Crippen molar-refractivity contribution < 1.29 is 19.2 Å². The minimum atomic E-state index is -0.619. The molecule has 20 heavy (non-hydrogen) atoms. The van der Waals surface area contributed by atoms with Gasteiger partial charge in [0.2, 0.25) is 0 Å². The van der Waals surface area contributed by atoms with Gasteiger partial charge in [0, 0.05) is 0 Å². The van der Waals surface area contributed by atoms with Crippen molar-refractivity contribution in [3.63, 3.8) is 0 Å². The first-order chi connectivity index (χ1) is 9.61. The summed E-state index contributed by atoms with van der Waals surface area (Å²) in [6.07, 6.45) is 2.03. The minimum absolute atomic E-state index is 0.105. The van der Waals surface area contributed by atoms with Crippen LogP contribution in [0.15, 0.2) is 36.7 Å². The molecule has 8 nitrogen and oxygen atoms in total. The van der Waals surface area contributed by atoms with Gasteiger partial charge in [-0.2, -0.15) is 9.97 Å². The number of nitro groups is 1. The third-order valence-corrected chi connectivity index (χ3v) is 2.32. The molecule has 0 spiro atoms. The average molecular weight is 275 g/mol. The Hall–Kier alpha value is -3.03. The van der Waals surface area contributed by atoms with Crippen molar-refractivity contribution in [2.24, 2.45) is 0 Å². The summed E-state index contributed by atoms with van der Waals surface area (Å²) in [7, 11) is 1.25. The number of aromatic nitrogens is 2. The Kier molecular flexibility index (Phi) is 3.85. The Morgan fingerprint density at radius 2 is 1.90 bits per heavy atom. The molecule has 0 aliphatic rings. The van der Waals surface area contributed by atoms with Crippen LogP contribution in [0.2, 0.25) is 0 Å². The summed E-state index contributed by atoms with van der Waals surface area (Å²) < 4.78 is 9.94. The molecule has 0 bridgehead atoms. The zero-order valence-electron chi connectivity index (χ0n) is 10.3. The normalized spacial score (nSPS) is 9.85. The summed E-state index contributed by atoms with van der Waals surface area (Å²) >= 11 is 0. The van der Waals surface area contributed by atoms with E-state index in [1.807, 2.05) is 0 Å². The lowest BCUT2D eigenvalue weighted by atomic mass is 10.2. The molecule has 0 atom stereocenters. The second-order valence-corrected chi connectivity index (χ2v) is 3.57. The van der Waals surface area contributed by atoms with E-state index in [0.29, 0.717) is 0 Å². The second kappa shape index (κ2) is 5.74. The summed E-state index contributed by atoms with van der Waals surface area (Å²) in [6.45, 7) is 0.